The highest BCUT2D eigenvalue weighted by atomic mass is 32.1. The second-order valence-electron chi connectivity index (χ2n) is 6.48. The minimum atomic E-state index is -0.0643. The highest BCUT2D eigenvalue weighted by Crippen LogP contribution is 2.33. The minimum Gasteiger partial charge on any atom is -0.487 e. The Labute approximate surface area is 162 Å². The molecule has 1 aliphatic heterocycles. The van der Waals surface area contributed by atoms with Crippen molar-refractivity contribution in [3.63, 3.8) is 0 Å². The molecule has 1 N–H and O–H groups in total. The molecule has 0 bridgehead atoms. The third kappa shape index (κ3) is 4.28. The van der Waals surface area contributed by atoms with E-state index in [0.29, 0.717) is 12.4 Å². The molecule has 0 aliphatic carbocycles. The maximum absolute atomic E-state index is 12.8. The van der Waals surface area contributed by atoms with E-state index >= 15 is 0 Å². The van der Waals surface area contributed by atoms with Crippen molar-refractivity contribution in [2.24, 2.45) is 0 Å². The largest absolute Gasteiger partial charge is 0.487 e. The number of benzene rings is 1. The van der Waals surface area contributed by atoms with E-state index in [1.54, 1.807) is 17.5 Å². The molecule has 4 rings (SSSR count). The van der Waals surface area contributed by atoms with Crippen molar-refractivity contribution >= 4 is 23.1 Å². The Bertz CT molecular complexity index is 883. The summed E-state index contributed by atoms with van der Waals surface area (Å²) in [6.45, 7) is 1.17. The lowest BCUT2D eigenvalue weighted by atomic mass is 10.1. The number of thiophene rings is 1. The molecular formula is C21H21N3O2S. The zero-order chi connectivity index (χ0) is 18.5. The topological polar surface area (TPSA) is 54.5 Å². The minimum absolute atomic E-state index is 0.0643. The van der Waals surface area contributed by atoms with E-state index in [0.717, 1.165) is 30.8 Å². The van der Waals surface area contributed by atoms with Crippen LogP contribution in [0.3, 0.4) is 0 Å². The van der Waals surface area contributed by atoms with Crippen molar-refractivity contribution in [3.8, 4) is 5.75 Å². The number of carbonyl (C=O) groups excluding carboxylic acids is 1. The first-order chi connectivity index (χ1) is 13.3. The molecular weight excluding hydrogens is 358 g/mol. The van der Waals surface area contributed by atoms with Crippen LogP contribution in [0.1, 0.15) is 30.1 Å². The monoisotopic (exact) mass is 379 g/mol. The number of ether oxygens (including phenoxy) is 1. The van der Waals surface area contributed by atoms with Crippen LogP contribution >= 0.6 is 11.3 Å². The first-order valence-corrected chi connectivity index (χ1v) is 9.96. The molecule has 1 atom stereocenters. The van der Waals surface area contributed by atoms with Gasteiger partial charge in [-0.1, -0.05) is 12.1 Å². The van der Waals surface area contributed by atoms with E-state index < -0.39 is 0 Å². The number of anilines is 1. The summed E-state index contributed by atoms with van der Waals surface area (Å²) in [5.74, 6) is 0.703. The van der Waals surface area contributed by atoms with Crippen LogP contribution in [-0.2, 0) is 6.61 Å². The van der Waals surface area contributed by atoms with Crippen molar-refractivity contribution in [2.75, 3.05) is 11.9 Å². The fourth-order valence-corrected chi connectivity index (χ4v) is 4.03. The van der Waals surface area contributed by atoms with E-state index in [4.69, 9.17) is 4.74 Å². The summed E-state index contributed by atoms with van der Waals surface area (Å²) in [6.07, 6.45) is 3.79. The molecule has 1 saturated heterocycles. The number of hydrogen-bond acceptors (Lipinski definition) is 4. The molecule has 2 amide bonds. The molecule has 1 unspecified atom stereocenters. The zero-order valence-corrected chi connectivity index (χ0v) is 15.7. The zero-order valence-electron chi connectivity index (χ0n) is 14.9. The van der Waals surface area contributed by atoms with Gasteiger partial charge in [0.15, 0.2) is 0 Å². The van der Waals surface area contributed by atoms with Gasteiger partial charge in [0.25, 0.3) is 0 Å². The van der Waals surface area contributed by atoms with E-state index in [9.17, 15) is 4.79 Å². The Hall–Kier alpha value is -2.86. The average molecular weight is 379 g/mol. The van der Waals surface area contributed by atoms with Gasteiger partial charge in [0.2, 0.25) is 0 Å². The molecule has 0 saturated carbocycles. The van der Waals surface area contributed by atoms with Gasteiger partial charge in [-0.25, -0.2) is 4.79 Å². The highest BCUT2D eigenvalue weighted by Gasteiger charge is 2.30. The average Bonchev–Trinajstić information content (AvgIpc) is 3.39. The van der Waals surface area contributed by atoms with Crippen LogP contribution < -0.4 is 10.1 Å². The number of aromatic nitrogens is 1. The van der Waals surface area contributed by atoms with Crippen LogP contribution in [0.2, 0.25) is 0 Å². The third-order valence-corrected chi connectivity index (χ3v) is 5.34. The lowest BCUT2D eigenvalue weighted by Gasteiger charge is -2.24. The molecule has 6 heteroatoms. The number of nitrogens with one attached hydrogen (secondary N) is 1. The van der Waals surface area contributed by atoms with Crippen LogP contribution in [0.5, 0.6) is 5.75 Å². The number of amides is 2. The van der Waals surface area contributed by atoms with Gasteiger partial charge in [-0.3, -0.25) is 4.98 Å². The Morgan fingerprint density at radius 3 is 3.04 bits per heavy atom. The fourth-order valence-electron chi connectivity index (χ4n) is 3.32. The van der Waals surface area contributed by atoms with Crippen LogP contribution in [0, 0.1) is 0 Å². The predicted octanol–water partition coefficient (Wildman–Crippen LogP) is 5.09. The quantitative estimate of drug-likeness (QED) is 0.672. The van der Waals surface area contributed by atoms with E-state index in [2.05, 4.69) is 27.1 Å². The van der Waals surface area contributed by atoms with Gasteiger partial charge in [-0.15, -0.1) is 0 Å². The summed E-state index contributed by atoms with van der Waals surface area (Å²) in [4.78, 5) is 18.9. The van der Waals surface area contributed by atoms with Crippen LogP contribution in [0.25, 0.3) is 0 Å². The molecule has 2 aromatic heterocycles. The van der Waals surface area contributed by atoms with Gasteiger partial charge < -0.3 is 15.0 Å². The number of pyridine rings is 1. The second-order valence-corrected chi connectivity index (χ2v) is 7.26. The van der Waals surface area contributed by atoms with E-state index in [-0.39, 0.29) is 12.1 Å². The first-order valence-electron chi connectivity index (χ1n) is 9.02. The van der Waals surface area contributed by atoms with Gasteiger partial charge in [0.05, 0.1) is 11.7 Å². The molecule has 1 aromatic carbocycles. The van der Waals surface area contributed by atoms with Gasteiger partial charge in [0.1, 0.15) is 12.4 Å². The Balaban J connectivity index is 1.39. The van der Waals surface area contributed by atoms with Gasteiger partial charge in [0, 0.05) is 24.5 Å². The molecule has 1 aliphatic rings. The molecule has 27 heavy (non-hydrogen) atoms. The lowest BCUT2D eigenvalue weighted by molar-refractivity contribution is 0.207. The maximum atomic E-state index is 12.8. The Kier molecular flexibility index (Phi) is 5.34. The predicted molar refractivity (Wildman–Crippen MR) is 107 cm³/mol. The summed E-state index contributed by atoms with van der Waals surface area (Å²) in [7, 11) is 0. The van der Waals surface area contributed by atoms with Crippen molar-refractivity contribution in [3.05, 3.63) is 76.7 Å². The molecule has 0 radical (unpaired) electrons. The molecule has 138 valence electrons. The first kappa shape index (κ1) is 17.5. The highest BCUT2D eigenvalue weighted by molar-refractivity contribution is 7.08. The normalized spacial score (nSPS) is 16.3. The van der Waals surface area contributed by atoms with Gasteiger partial charge >= 0.3 is 6.03 Å². The standard InChI is InChI=1S/C21H21N3O2S/c25-21(24-11-4-8-20(24)16-9-12-27-15-16)23-17-6-3-7-19(13-17)26-14-18-5-1-2-10-22-18/h1-3,5-7,9-10,12-13,15,20H,4,8,11,14H2,(H,23,25). The summed E-state index contributed by atoms with van der Waals surface area (Å²) in [5.41, 5.74) is 2.82. The van der Waals surface area contributed by atoms with Crippen LogP contribution in [-0.4, -0.2) is 22.5 Å². The Morgan fingerprint density at radius 2 is 2.22 bits per heavy atom. The molecule has 0 spiro atoms. The number of likely N-dealkylation sites (tertiary alicyclic amines) is 1. The number of nitrogens with zero attached hydrogens (tertiary/aromatic N) is 2. The number of urea groups is 1. The van der Waals surface area contributed by atoms with Crippen molar-refractivity contribution in [1.29, 1.82) is 0 Å². The Morgan fingerprint density at radius 1 is 1.26 bits per heavy atom. The summed E-state index contributed by atoms with van der Waals surface area (Å²) in [6, 6.07) is 15.4. The van der Waals surface area contributed by atoms with Crippen LogP contribution in [0.15, 0.2) is 65.5 Å². The van der Waals surface area contributed by atoms with Crippen molar-refractivity contribution < 1.29 is 9.53 Å². The maximum Gasteiger partial charge on any atom is 0.322 e. The molecule has 3 aromatic rings. The number of rotatable bonds is 5. The summed E-state index contributed by atoms with van der Waals surface area (Å²) < 4.78 is 5.79. The van der Waals surface area contributed by atoms with Crippen molar-refractivity contribution in [2.45, 2.75) is 25.5 Å². The van der Waals surface area contributed by atoms with Crippen LogP contribution in [0.4, 0.5) is 10.5 Å². The van der Waals surface area contributed by atoms with E-state index in [1.807, 2.05) is 47.4 Å². The SMILES string of the molecule is O=C(Nc1cccc(OCc2ccccn2)c1)N1CCCC1c1ccsc1. The lowest BCUT2D eigenvalue weighted by Crippen LogP contribution is -2.34. The molecule has 1 fully saturated rings. The second kappa shape index (κ2) is 8.22. The number of hydrogen-bond donors (Lipinski definition) is 1. The fraction of sp³-hybridized carbons (Fsp3) is 0.238. The van der Waals surface area contributed by atoms with E-state index in [1.165, 1.54) is 5.56 Å². The summed E-state index contributed by atoms with van der Waals surface area (Å²) in [5, 5.41) is 7.20. The van der Waals surface area contributed by atoms with Crippen molar-refractivity contribution in [1.82, 2.24) is 9.88 Å². The summed E-state index contributed by atoms with van der Waals surface area (Å²) >= 11 is 1.67. The van der Waals surface area contributed by atoms with Gasteiger partial charge in [-0.05, 0) is 59.5 Å². The molecule has 5 nitrogen and oxygen atoms in total. The molecule has 3 heterocycles. The third-order valence-electron chi connectivity index (χ3n) is 4.64. The number of carbonyl (C=O) groups is 1. The van der Waals surface area contributed by atoms with Gasteiger partial charge in [-0.2, -0.15) is 11.3 Å². The smallest absolute Gasteiger partial charge is 0.322 e.